The quantitative estimate of drug-likeness (QED) is 0.757. The molecular weight excluding hydrogens is 259 g/mol. The topological polar surface area (TPSA) is 50.4 Å². The third kappa shape index (κ3) is 1.86. The molecule has 0 atom stereocenters. The zero-order valence-corrected chi connectivity index (χ0v) is 10.7. The maximum atomic E-state index is 13.4. The fraction of sp³-hybridized carbons (Fsp3) is 0.0625. The molecule has 0 fully saturated rings. The van der Waals surface area contributed by atoms with Crippen molar-refractivity contribution >= 4 is 16.7 Å². The van der Waals surface area contributed by atoms with Gasteiger partial charge in [-0.1, -0.05) is 24.3 Å². The Morgan fingerprint density at radius 3 is 2.75 bits per heavy atom. The molecule has 0 aliphatic carbocycles. The van der Waals surface area contributed by atoms with Gasteiger partial charge in [0.05, 0.1) is 6.26 Å². The summed E-state index contributed by atoms with van der Waals surface area (Å²) in [4.78, 5) is 11.3. The first kappa shape index (κ1) is 12.4. The van der Waals surface area contributed by atoms with Gasteiger partial charge in [-0.2, -0.15) is 0 Å². The van der Waals surface area contributed by atoms with E-state index in [2.05, 4.69) is 0 Å². The third-order valence-corrected chi connectivity index (χ3v) is 3.28. The van der Waals surface area contributed by atoms with Crippen molar-refractivity contribution in [3.8, 4) is 11.1 Å². The lowest BCUT2D eigenvalue weighted by molar-refractivity contribution is 0.0665. The summed E-state index contributed by atoms with van der Waals surface area (Å²) >= 11 is 0. The molecule has 0 unspecified atom stereocenters. The van der Waals surface area contributed by atoms with Crippen LogP contribution in [0, 0.1) is 12.7 Å². The van der Waals surface area contributed by atoms with Gasteiger partial charge in [0.1, 0.15) is 5.82 Å². The number of fused-ring (bicyclic) bond motifs is 1. The average Bonchev–Trinajstić information content (AvgIpc) is 2.82. The van der Waals surface area contributed by atoms with E-state index in [-0.39, 0.29) is 11.6 Å². The van der Waals surface area contributed by atoms with Crippen LogP contribution in [-0.4, -0.2) is 11.1 Å². The Bertz CT molecular complexity index is 818. The van der Waals surface area contributed by atoms with Crippen LogP contribution in [0.5, 0.6) is 0 Å². The monoisotopic (exact) mass is 270 g/mol. The lowest BCUT2D eigenvalue weighted by atomic mass is 9.94. The van der Waals surface area contributed by atoms with Crippen LogP contribution in [0.25, 0.3) is 21.9 Å². The highest BCUT2D eigenvalue weighted by atomic mass is 19.1. The van der Waals surface area contributed by atoms with E-state index in [4.69, 9.17) is 4.42 Å². The Hall–Kier alpha value is -2.62. The average molecular weight is 270 g/mol. The van der Waals surface area contributed by atoms with Crippen LogP contribution < -0.4 is 0 Å². The molecule has 100 valence electrons. The first-order valence-corrected chi connectivity index (χ1v) is 6.08. The molecule has 0 bridgehead atoms. The third-order valence-electron chi connectivity index (χ3n) is 3.28. The number of aromatic carboxylic acids is 1. The molecular formula is C16H11FO3. The van der Waals surface area contributed by atoms with Crippen LogP contribution in [0.15, 0.2) is 47.1 Å². The van der Waals surface area contributed by atoms with Crippen LogP contribution >= 0.6 is 0 Å². The van der Waals surface area contributed by atoms with Crippen molar-refractivity contribution in [3.63, 3.8) is 0 Å². The number of halogens is 1. The van der Waals surface area contributed by atoms with Crippen molar-refractivity contribution in [2.45, 2.75) is 6.92 Å². The lowest BCUT2D eigenvalue weighted by Gasteiger charge is -2.08. The number of rotatable bonds is 2. The molecule has 0 radical (unpaired) electrons. The maximum absolute atomic E-state index is 13.4. The van der Waals surface area contributed by atoms with Crippen molar-refractivity contribution in [2.24, 2.45) is 0 Å². The zero-order valence-electron chi connectivity index (χ0n) is 10.7. The zero-order chi connectivity index (χ0) is 14.3. The number of furan rings is 1. The molecule has 0 spiro atoms. The Labute approximate surface area is 114 Å². The van der Waals surface area contributed by atoms with Crippen LogP contribution in [0.3, 0.4) is 0 Å². The highest BCUT2D eigenvalue weighted by Gasteiger charge is 2.19. The molecule has 3 nitrogen and oxygen atoms in total. The summed E-state index contributed by atoms with van der Waals surface area (Å²) in [5.74, 6) is -1.62. The fourth-order valence-electron chi connectivity index (χ4n) is 2.42. The predicted molar refractivity (Wildman–Crippen MR) is 73.3 cm³/mol. The smallest absolute Gasteiger partial charge is 0.372 e. The van der Waals surface area contributed by atoms with Gasteiger partial charge < -0.3 is 9.52 Å². The number of carboxylic acid groups (broad SMARTS) is 1. The maximum Gasteiger partial charge on any atom is 0.372 e. The standard InChI is InChI=1S/C16H11FO3/c1-9-5-6-11-8-20-15(16(18)19)14(11)13(9)10-3-2-4-12(17)7-10/h2-8H,1H3,(H,18,19). The molecule has 0 saturated carbocycles. The summed E-state index contributed by atoms with van der Waals surface area (Å²) in [5.41, 5.74) is 2.19. The van der Waals surface area contributed by atoms with E-state index in [1.807, 2.05) is 13.0 Å². The Balaban J connectivity index is 2.41. The lowest BCUT2D eigenvalue weighted by Crippen LogP contribution is -1.96. The Morgan fingerprint density at radius 2 is 2.05 bits per heavy atom. The van der Waals surface area contributed by atoms with E-state index < -0.39 is 5.97 Å². The number of carboxylic acids is 1. The Morgan fingerprint density at radius 1 is 1.25 bits per heavy atom. The second-order valence-corrected chi connectivity index (χ2v) is 4.60. The second kappa shape index (κ2) is 4.49. The molecule has 3 rings (SSSR count). The summed E-state index contributed by atoms with van der Waals surface area (Å²) in [6.07, 6.45) is 1.40. The van der Waals surface area contributed by atoms with Gasteiger partial charge in [-0.3, -0.25) is 0 Å². The first-order valence-electron chi connectivity index (χ1n) is 6.08. The van der Waals surface area contributed by atoms with Gasteiger partial charge in [-0.25, -0.2) is 9.18 Å². The normalized spacial score (nSPS) is 10.9. The largest absolute Gasteiger partial charge is 0.475 e. The molecule has 0 amide bonds. The molecule has 3 aromatic rings. The van der Waals surface area contributed by atoms with Crippen molar-refractivity contribution in [2.75, 3.05) is 0 Å². The summed E-state index contributed by atoms with van der Waals surface area (Å²) in [6.45, 7) is 1.86. The van der Waals surface area contributed by atoms with E-state index in [0.29, 0.717) is 21.9 Å². The van der Waals surface area contributed by atoms with E-state index in [9.17, 15) is 14.3 Å². The molecule has 2 aromatic carbocycles. The van der Waals surface area contributed by atoms with Crippen molar-refractivity contribution in [3.05, 3.63) is 59.8 Å². The van der Waals surface area contributed by atoms with Crippen LogP contribution in [0.4, 0.5) is 4.39 Å². The van der Waals surface area contributed by atoms with Gasteiger partial charge in [0.15, 0.2) is 0 Å². The number of aryl methyl sites for hydroxylation is 1. The minimum absolute atomic E-state index is 0.122. The molecule has 1 aromatic heterocycles. The molecule has 4 heteroatoms. The SMILES string of the molecule is Cc1ccc2coc(C(=O)O)c2c1-c1cccc(F)c1. The minimum atomic E-state index is -1.14. The van der Waals surface area contributed by atoms with Gasteiger partial charge in [-0.15, -0.1) is 0 Å². The van der Waals surface area contributed by atoms with E-state index >= 15 is 0 Å². The molecule has 1 heterocycles. The van der Waals surface area contributed by atoms with Gasteiger partial charge in [0.25, 0.3) is 0 Å². The van der Waals surface area contributed by atoms with Crippen molar-refractivity contribution in [1.29, 1.82) is 0 Å². The molecule has 0 aliphatic heterocycles. The van der Waals surface area contributed by atoms with E-state index in [0.717, 1.165) is 5.56 Å². The summed E-state index contributed by atoms with van der Waals surface area (Å²) in [7, 11) is 0. The molecule has 0 saturated heterocycles. The highest BCUT2D eigenvalue weighted by molar-refractivity contribution is 6.09. The van der Waals surface area contributed by atoms with Gasteiger partial charge in [-0.05, 0) is 35.7 Å². The fourth-order valence-corrected chi connectivity index (χ4v) is 2.42. The number of carbonyl (C=O) groups is 1. The van der Waals surface area contributed by atoms with Gasteiger partial charge >= 0.3 is 5.97 Å². The molecule has 1 N–H and O–H groups in total. The molecule has 0 aliphatic rings. The number of hydrogen-bond donors (Lipinski definition) is 1. The number of benzene rings is 2. The summed E-state index contributed by atoms with van der Waals surface area (Å²) in [6, 6.07) is 9.76. The minimum Gasteiger partial charge on any atom is -0.475 e. The summed E-state index contributed by atoms with van der Waals surface area (Å²) in [5, 5.41) is 10.4. The van der Waals surface area contributed by atoms with Gasteiger partial charge in [0, 0.05) is 10.8 Å². The van der Waals surface area contributed by atoms with Gasteiger partial charge in [0.2, 0.25) is 5.76 Å². The van der Waals surface area contributed by atoms with Crippen LogP contribution in [0.1, 0.15) is 16.1 Å². The van der Waals surface area contributed by atoms with Crippen molar-refractivity contribution in [1.82, 2.24) is 0 Å². The van der Waals surface area contributed by atoms with E-state index in [1.54, 1.807) is 18.2 Å². The van der Waals surface area contributed by atoms with Crippen molar-refractivity contribution < 1.29 is 18.7 Å². The predicted octanol–water partition coefficient (Wildman–Crippen LogP) is 4.25. The second-order valence-electron chi connectivity index (χ2n) is 4.60. The Kier molecular flexibility index (Phi) is 2.79. The van der Waals surface area contributed by atoms with E-state index in [1.165, 1.54) is 18.4 Å². The van der Waals surface area contributed by atoms with Crippen LogP contribution in [0.2, 0.25) is 0 Å². The van der Waals surface area contributed by atoms with Crippen LogP contribution in [-0.2, 0) is 0 Å². The molecule has 20 heavy (non-hydrogen) atoms. The number of hydrogen-bond acceptors (Lipinski definition) is 2. The highest BCUT2D eigenvalue weighted by Crippen LogP contribution is 2.35. The first-order chi connectivity index (χ1) is 9.58. The summed E-state index contributed by atoms with van der Waals surface area (Å²) < 4.78 is 18.6.